The second kappa shape index (κ2) is 13.0. The van der Waals surface area contributed by atoms with Gasteiger partial charge in [-0.25, -0.2) is 9.97 Å². The van der Waals surface area contributed by atoms with Gasteiger partial charge in [-0.05, 0) is 52.2 Å². The lowest BCUT2D eigenvalue weighted by Gasteiger charge is -2.15. The maximum atomic E-state index is 11.6. The molecule has 0 aliphatic heterocycles. The monoisotopic (exact) mass is 455 g/mol. The van der Waals surface area contributed by atoms with E-state index in [2.05, 4.69) is 20.6 Å². The Morgan fingerprint density at radius 1 is 1.33 bits per heavy atom. The first-order valence-electron chi connectivity index (χ1n) is 10.6. The quantitative estimate of drug-likeness (QED) is 0.205. The third-order valence-electron chi connectivity index (χ3n) is 4.26. The molecule has 1 amide bonds. The molecule has 0 aliphatic carbocycles. The maximum Gasteiger partial charge on any atom is 0.258 e. The van der Waals surface area contributed by atoms with E-state index >= 15 is 0 Å². The van der Waals surface area contributed by atoms with Crippen molar-refractivity contribution in [1.82, 2.24) is 20.2 Å². The Kier molecular flexibility index (Phi) is 10.1. The Bertz CT molecular complexity index is 961. The molecule has 0 radical (unpaired) electrons. The minimum atomic E-state index is -0.176. The van der Waals surface area contributed by atoms with E-state index in [9.17, 15) is 4.79 Å². The lowest BCUT2D eigenvalue weighted by atomic mass is 10.1. The second-order valence-corrected chi connectivity index (χ2v) is 7.87. The number of benzene rings is 1. The first-order valence-corrected chi connectivity index (χ1v) is 10.6. The van der Waals surface area contributed by atoms with Gasteiger partial charge in [0.25, 0.3) is 5.91 Å². The van der Waals surface area contributed by atoms with Gasteiger partial charge in [0.2, 0.25) is 0 Å². The van der Waals surface area contributed by atoms with Crippen molar-refractivity contribution in [3.8, 4) is 5.75 Å². The van der Waals surface area contributed by atoms with Crippen molar-refractivity contribution in [3.05, 3.63) is 48.1 Å². The number of nitrogen functional groups attached to an aromatic ring is 1. The predicted octanol–water partition coefficient (Wildman–Crippen LogP) is 2.34. The molecule has 10 heteroatoms. The lowest BCUT2D eigenvalue weighted by Crippen LogP contribution is -2.32. The van der Waals surface area contributed by atoms with E-state index < -0.39 is 0 Å². The van der Waals surface area contributed by atoms with E-state index in [1.165, 1.54) is 12.5 Å². The first kappa shape index (κ1) is 25.6. The first-order chi connectivity index (χ1) is 15.8. The van der Waals surface area contributed by atoms with Crippen molar-refractivity contribution in [1.29, 1.82) is 5.41 Å². The number of allylic oxidation sites excluding steroid dienone is 1. The molecular weight excluding hydrogens is 422 g/mol. The Labute approximate surface area is 194 Å². The van der Waals surface area contributed by atoms with Gasteiger partial charge in [-0.3, -0.25) is 4.79 Å². The third kappa shape index (κ3) is 9.16. The van der Waals surface area contributed by atoms with Crippen LogP contribution in [0.3, 0.4) is 0 Å². The smallest absolute Gasteiger partial charge is 0.258 e. The third-order valence-corrected chi connectivity index (χ3v) is 4.26. The summed E-state index contributed by atoms with van der Waals surface area (Å²) in [5, 5.41) is 13.5. The number of aromatic nitrogens is 2. The summed E-state index contributed by atoms with van der Waals surface area (Å²) in [4.78, 5) is 22.6. The van der Waals surface area contributed by atoms with Crippen LogP contribution < -0.4 is 21.1 Å². The highest BCUT2D eigenvalue weighted by Crippen LogP contribution is 2.26. The van der Waals surface area contributed by atoms with E-state index in [0.717, 1.165) is 12.2 Å². The molecule has 0 saturated heterocycles. The minimum Gasteiger partial charge on any atom is -0.492 e. The van der Waals surface area contributed by atoms with Crippen LogP contribution in [-0.2, 0) is 16.0 Å². The summed E-state index contributed by atoms with van der Waals surface area (Å²) in [7, 11) is 3.94. The highest BCUT2D eigenvalue weighted by atomic mass is 16.5. The number of likely N-dealkylation sites (N-methyl/N-ethyl adjacent to an activating group) is 1. The van der Waals surface area contributed by atoms with Gasteiger partial charge >= 0.3 is 0 Å². The van der Waals surface area contributed by atoms with Gasteiger partial charge in [-0.2, -0.15) is 0 Å². The fourth-order valence-electron chi connectivity index (χ4n) is 2.66. The van der Waals surface area contributed by atoms with Crippen molar-refractivity contribution in [2.75, 3.05) is 44.9 Å². The molecule has 0 unspecified atom stereocenters. The van der Waals surface area contributed by atoms with E-state index in [-0.39, 0.29) is 18.6 Å². The Hall–Kier alpha value is -3.66. The van der Waals surface area contributed by atoms with Gasteiger partial charge in [-0.15, -0.1) is 0 Å². The zero-order chi connectivity index (χ0) is 24.2. The number of hydrogen-bond acceptors (Lipinski definition) is 9. The molecule has 178 valence electrons. The summed E-state index contributed by atoms with van der Waals surface area (Å²) < 4.78 is 11.1. The molecule has 10 nitrogen and oxygen atoms in total. The maximum absolute atomic E-state index is 11.6. The number of amides is 1. The molecule has 2 aromatic rings. The fraction of sp³-hybridized carbons (Fsp3) is 0.391. The number of carbonyl (C=O) groups is 1. The van der Waals surface area contributed by atoms with Crippen LogP contribution in [0.2, 0.25) is 0 Å². The molecule has 1 heterocycles. The predicted molar refractivity (Wildman–Crippen MR) is 130 cm³/mol. The molecule has 0 saturated carbocycles. The largest absolute Gasteiger partial charge is 0.492 e. The van der Waals surface area contributed by atoms with Crippen molar-refractivity contribution in [2.24, 2.45) is 0 Å². The zero-order valence-corrected chi connectivity index (χ0v) is 19.6. The zero-order valence-electron chi connectivity index (χ0n) is 19.6. The number of rotatable bonds is 13. The van der Waals surface area contributed by atoms with Gasteiger partial charge < -0.3 is 36.2 Å². The minimum absolute atomic E-state index is 0.0481. The number of hydrogen-bond donors (Lipinski definition) is 4. The number of anilines is 3. The molecule has 1 aromatic carbocycles. The normalized spacial score (nSPS) is 11.1. The van der Waals surface area contributed by atoms with Crippen LogP contribution in [0.15, 0.2) is 36.7 Å². The molecule has 5 N–H and O–H groups in total. The van der Waals surface area contributed by atoms with Crippen molar-refractivity contribution in [2.45, 2.75) is 26.3 Å². The van der Waals surface area contributed by atoms with Crippen LogP contribution >= 0.6 is 0 Å². The number of nitrogens with two attached hydrogens (primary N) is 1. The van der Waals surface area contributed by atoms with Crippen molar-refractivity contribution < 1.29 is 14.3 Å². The molecule has 0 aliphatic rings. The molecule has 33 heavy (non-hydrogen) atoms. The highest BCUT2D eigenvalue weighted by molar-refractivity contribution is 5.87. The van der Waals surface area contributed by atoms with Crippen LogP contribution in [0.1, 0.15) is 25.2 Å². The number of nitrogens with one attached hydrogen (secondary N) is 3. The molecular formula is C23H33N7O3. The molecule has 0 bridgehead atoms. The van der Waals surface area contributed by atoms with Gasteiger partial charge in [0.05, 0.1) is 12.5 Å². The second-order valence-electron chi connectivity index (χ2n) is 7.87. The van der Waals surface area contributed by atoms with Gasteiger partial charge in [-0.1, -0.05) is 0 Å². The van der Waals surface area contributed by atoms with Crippen LogP contribution in [0.5, 0.6) is 5.75 Å². The Morgan fingerprint density at radius 3 is 2.82 bits per heavy atom. The average molecular weight is 456 g/mol. The molecule has 0 atom stereocenters. The van der Waals surface area contributed by atoms with Gasteiger partial charge in [0, 0.05) is 42.2 Å². The van der Waals surface area contributed by atoms with E-state index in [0.29, 0.717) is 41.7 Å². The average Bonchev–Trinajstić information content (AvgIpc) is 2.75. The number of ether oxygens (including phenoxy) is 2. The van der Waals surface area contributed by atoms with Crippen molar-refractivity contribution >= 4 is 29.3 Å². The number of carbonyl (C=O) groups excluding carboxylic acids is 1. The Morgan fingerprint density at radius 2 is 2.12 bits per heavy atom. The summed E-state index contributed by atoms with van der Waals surface area (Å²) in [6.07, 6.45) is 6.44. The van der Waals surface area contributed by atoms with Crippen molar-refractivity contribution in [3.63, 3.8) is 0 Å². The van der Waals surface area contributed by atoms with Crippen LogP contribution in [0.4, 0.5) is 17.2 Å². The summed E-state index contributed by atoms with van der Waals surface area (Å²) in [6.45, 7) is 4.95. The molecule has 0 fully saturated rings. The standard InChI is InChI=1S/C23H33N7O3/c1-16(2)27-22(31)15-32-10-5-6-21-26-14-20(33-11-9-30(3)4)23(29-21)28-18-7-8-19(25)17(12-18)13-24/h5,7-8,10,12-14,16,24H,6,9,11,15,25H2,1-4H3,(H,27,31)(H,26,28,29). The SMILES string of the molecule is CC(C)NC(=O)COC=CCc1ncc(OCCN(C)C)c(Nc2ccc(N)c(C=N)c2)n1. The van der Waals surface area contributed by atoms with Crippen LogP contribution in [0.25, 0.3) is 0 Å². The summed E-state index contributed by atoms with van der Waals surface area (Å²) in [6, 6.07) is 5.37. The topological polar surface area (TPSA) is 138 Å². The van der Waals surface area contributed by atoms with Gasteiger partial charge in [0.15, 0.2) is 18.2 Å². The fourth-order valence-corrected chi connectivity index (χ4v) is 2.66. The Balaban J connectivity index is 2.10. The van der Waals surface area contributed by atoms with E-state index in [4.69, 9.17) is 20.6 Å². The summed E-state index contributed by atoms with van der Waals surface area (Å²) >= 11 is 0. The summed E-state index contributed by atoms with van der Waals surface area (Å²) in [5.41, 5.74) is 7.73. The highest BCUT2D eigenvalue weighted by Gasteiger charge is 2.10. The molecule has 0 spiro atoms. The van der Waals surface area contributed by atoms with Crippen LogP contribution in [-0.4, -0.2) is 66.9 Å². The van der Waals surface area contributed by atoms with E-state index in [1.807, 2.05) is 38.9 Å². The molecule has 2 rings (SSSR count). The van der Waals surface area contributed by atoms with Gasteiger partial charge in [0.1, 0.15) is 12.4 Å². The number of nitrogens with zero attached hydrogens (tertiary/aromatic N) is 3. The molecule has 1 aromatic heterocycles. The van der Waals surface area contributed by atoms with E-state index in [1.54, 1.807) is 24.4 Å². The van der Waals surface area contributed by atoms with Crippen LogP contribution in [0, 0.1) is 5.41 Å². The summed E-state index contributed by atoms with van der Waals surface area (Å²) in [5.74, 6) is 1.39. The lowest BCUT2D eigenvalue weighted by molar-refractivity contribution is -0.124.